The Morgan fingerprint density at radius 3 is 2.62 bits per heavy atom. The molecule has 29 heavy (non-hydrogen) atoms. The van der Waals surface area contributed by atoms with Gasteiger partial charge in [0.25, 0.3) is 5.91 Å². The summed E-state index contributed by atoms with van der Waals surface area (Å²) in [6.07, 6.45) is -0.0821. The fraction of sp³-hybridized carbons (Fsp3) is 0.100. The number of carbonyl (C=O) groups is 1. The number of fused-ring (bicyclic) bond motifs is 1. The average Bonchev–Trinajstić information content (AvgIpc) is 3.09. The zero-order valence-electron chi connectivity index (χ0n) is 15.1. The summed E-state index contributed by atoms with van der Waals surface area (Å²) in [5, 5.41) is 6.94. The van der Waals surface area contributed by atoms with Crippen LogP contribution < -0.4 is 5.32 Å². The number of nitrogens with one attached hydrogen (secondary N) is 1. The summed E-state index contributed by atoms with van der Waals surface area (Å²) in [7, 11) is 0. The van der Waals surface area contributed by atoms with E-state index < -0.39 is 17.6 Å². The van der Waals surface area contributed by atoms with Crippen LogP contribution in [0.15, 0.2) is 61.1 Å². The molecule has 0 saturated carbocycles. The second-order valence-electron chi connectivity index (χ2n) is 6.38. The molecule has 1 amide bonds. The van der Waals surface area contributed by atoms with Gasteiger partial charge in [0.15, 0.2) is 11.5 Å². The molecule has 9 heteroatoms. The van der Waals surface area contributed by atoms with Crippen LogP contribution in [0.3, 0.4) is 0 Å². The fourth-order valence-electron chi connectivity index (χ4n) is 2.92. The van der Waals surface area contributed by atoms with Crippen LogP contribution >= 0.6 is 0 Å². The van der Waals surface area contributed by atoms with Crippen LogP contribution in [-0.2, 0) is 6.18 Å². The van der Waals surface area contributed by atoms with E-state index >= 15 is 0 Å². The van der Waals surface area contributed by atoms with Crippen LogP contribution in [0, 0.1) is 6.92 Å². The maximum atomic E-state index is 13.3. The van der Waals surface area contributed by atoms with Crippen molar-refractivity contribution in [3.63, 3.8) is 0 Å². The van der Waals surface area contributed by atoms with E-state index in [9.17, 15) is 18.0 Å². The molecule has 0 radical (unpaired) electrons. The Morgan fingerprint density at radius 2 is 1.86 bits per heavy atom. The van der Waals surface area contributed by atoms with Gasteiger partial charge in [-0.25, -0.2) is 4.98 Å². The zero-order chi connectivity index (χ0) is 20.6. The molecule has 1 N–H and O–H groups in total. The number of amides is 1. The summed E-state index contributed by atoms with van der Waals surface area (Å²) in [6.45, 7) is 1.81. The van der Waals surface area contributed by atoms with E-state index in [0.717, 1.165) is 11.6 Å². The average molecular weight is 397 g/mol. The number of alkyl halides is 3. The van der Waals surface area contributed by atoms with Crippen molar-refractivity contribution in [1.29, 1.82) is 0 Å². The highest BCUT2D eigenvalue weighted by Gasteiger charge is 2.33. The molecule has 4 rings (SSSR count). The summed E-state index contributed by atoms with van der Waals surface area (Å²) in [5.41, 5.74) is 0.810. The third kappa shape index (κ3) is 3.66. The molecule has 0 saturated heterocycles. The number of hydrogen-bond donors (Lipinski definition) is 1. The van der Waals surface area contributed by atoms with Crippen LogP contribution in [0.25, 0.3) is 16.9 Å². The first kappa shape index (κ1) is 18.6. The summed E-state index contributed by atoms with van der Waals surface area (Å²) < 4.78 is 41.3. The van der Waals surface area contributed by atoms with E-state index in [1.807, 2.05) is 6.92 Å². The third-order valence-corrected chi connectivity index (χ3v) is 4.25. The SMILES string of the molecule is Cc1cncc(C(=O)Nc2cnc3ccc(-c4ccccc4C(F)(F)F)nn23)c1. The Morgan fingerprint density at radius 1 is 1.07 bits per heavy atom. The highest BCUT2D eigenvalue weighted by molar-refractivity contribution is 6.03. The third-order valence-electron chi connectivity index (χ3n) is 4.25. The van der Waals surface area contributed by atoms with Gasteiger partial charge >= 0.3 is 6.18 Å². The van der Waals surface area contributed by atoms with Crippen LogP contribution in [0.4, 0.5) is 19.0 Å². The maximum absolute atomic E-state index is 13.3. The van der Waals surface area contributed by atoms with Crippen molar-refractivity contribution in [2.45, 2.75) is 13.1 Å². The number of pyridine rings is 1. The molecule has 0 atom stereocenters. The molecule has 146 valence electrons. The predicted octanol–water partition coefficient (Wildman–Crippen LogP) is 4.37. The number of nitrogens with zero attached hydrogens (tertiary/aromatic N) is 4. The van der Waals surface area contributed by atoms with Gasteiger partial charge in [-0.1, -0.05) is 18.2 Å². The molecule has 6 nitrogen and oxygen atoms in total. The van der Waals surface area contributed by atoms with E-state index in [4.69, 9.17) is 0 Å². The first-order valence-electron chi connectivity index (χ1n) is 8.57. The first-order valence-corrected chi connectivity index (χ1v) is 8.57. The topological polar surface area (TPSA) is 72.2 Å². The standard InChI is InChI=1S/C20H14F3N5O/c1-12-8-13(10-24-9-12)19(29)26-18-11-25-17-7-6-16(27-28(17)18)14-4-2-3-5-15(14)20(21,22)23/h2-11H,1H3,(H,26,29). The number of hydrogen-bond acceptors (Lipinski definition) is 4. The van der Waals surface area contributed by atoms with Crippen LogP contribution in [0.1, 0.15) is 21.5 Å². The second kappa shape index (κ2) is 7.01. The summed E-state index contributed by atoms with van der Waals surface area (Å²) in [6, 6.07) is 9.86. The van der Waals surface area contributed by atoms with Crippen molar-refractivity contribution in [2.24, 2.45) is 0 Å². The summed E-state index contributed by atoms with van der Waals surface area (Å²) in [4.78, 5) is 20.6. The van der Waals surface area contributed by atoms with Gasteiger partial charge in [0.2, 0.25) is 0 Å². The van der Waals surface area contributed by atoms with E-state index in [2.05, 4.69) is 20.4 Å². The van der Waals surface area contributed by atoms with Gasteiger partial charge < -0.3 is 5.32 Å². The van der Waals surface area contributed by atoms with E-state index in [1.165, 1.54) is 41.2 Å². The minimum absolute atomic E-state index is 0.0595. The number of benzene rings is 1. The smallest absolute Gasteiger partial charge is 0.305 e. The van der Waals surface area contributed by atoms with Gasteiger partial charge in [0.05, 0.1) is 23.0 Å². The van der Waals surface area contributed by atoms with Gasteiger partial charge in [-0.2, -0.15) is 22.8 Å². The molecular formula is C20H14F3N5O. The second-order valence-corrected chi connectivity index (χ2v) is 6.38. The number of aromatic nitrogens is 4. The Labute approximate surface area is 163 Å². The maximum Gasteiger partial charge on any atom is 0.417 e. The lowest BCUT2D eigenvalue weighted by Crippen LogP contribution is -2.14. The molecule has 4 aromatic rings. The molecule has 3 aromatic heterocycles. The normalized spacial score (nSPS) is 11.6. The monoisotopic (exact) mass is 397 g/mol. The van der Waals surface area contributed by atoms with Crippen molar-refractivity contribution >= 4 is 17.4 Å². The van der Waals surface area contributed by atoms with Gasteiger partial charge in [-0.3, -0.25) is 9.78 Å². The minimum Gasteiger partial charge on any atom is -0.305 e. The Bertz CT molecular complexity index is 1220. The van der Waals surface area contributed by atoms with Crippen molar-refractivity contribution in [1.82, 2.24) is 19.6 Å². The van der Waals surface area contributed by atoms with Gasteiger partial charge in [0.1, 0.15) is 0 Å². The van der Waals surface area contributed by atoms with Gasteiger partial charge in [-0.05, 0) is 36.8 Å². The van der Waals surface area contributed by atoms with Crippen molar-refractivity contribution in [2.75, 3.05) is 5.32 Å². The number of imidazole rings is 1. The number of rotatable bonds is 3. The van der Waals surface area contributed by atoms with Crippen molar-refractivity contribution in [3.05, 3.63) is 77.7 Å². The van der Waals surface area contributed by atoms with Gasteiger partial charge in [-0.15, -0.1) is 0 Å². The Kier molecular flexibility index (Phi) is 4.50. The lowest BCUT2D eigenvalue weighted by Gasteiger charge is -2.12. The summed E-state index contributed by atoms with van der Waals surface area (Å²) >= 11 is 0. The quantitative estimate of drug-likeness (QED) is 0.557. The van der Waals surface area contributed by atoms with E-state index in [1.54, 1.807) is 18.3 Å². The lowest BCUT2D eigenvalue weighted by molar-refractivity contribution is -0.137. The van der Waals surface area contributed by atoms with Crippen molar-refractivity contribution < 1.29 is 18.0 Å². The van der Waals surface area contributed by atoms with Crippen LogP contribution in [-0.4, -0.2) is 25.5 Å². The van der Waals surface area contributed by atoms with Crippen LogP contribution in [0.2, 0.25) is 0 Å². The Balaban J connectivity index is 1.74. The fourth-order valence-corrected chi connectivity index (χ4v) is 2.92. The molecule has 0 bridgehead atoms. The van der Waals surface area contributed by atoms with E-state index in [0.29, 0.717) is 11.2 Å². The minimum atomic E-state index is -4.52. The largest absolute Gasteiger partial charge is 0.417 e. The molecule has 0 spiro atoms. The zero-order valence-corrected chi connectivity index (χ0v) is 15.1. The highest BCUT2D eigenvalue weighted by atomic mass is 19.4. The molecule has 0 aliphatic heterocycles. The first-order chi connectivity index (χ1) is 13.8. The number of carbonyl (C=O) groups excluding carboxylic acids is 1. The van der Waals surface area contributed by atoms with Gasteiger partial charge in [0, 0.05) is 18.0 Å². The number of halogens is 3. The predicted molar refractivity (Wildman–Crippen MR) is 100 cm³/mol. The van der Waals surface area contributed by atoms with Crippen LogP contribution in [0.5, 0.6) is 0 Å². The highest BCUT2D eigenvalue weighted by Crippen LogP contribution is 2.36. The lowest BCUT2D eigenvalue weighted by atomic mass is 10.0. The summed E-state index contributed by atoms with van der Waals surface area (Å²) in [5.74, 6) is -0.191. The number of aryl methyl sites for hydroxylation is 1. The molecule has 3 heterocycles. The molecule has 1 aromatic carbocycles. The van der Waals surface area contributed by atoms with Crippen molar-refractivity contribution in [3.8, 4) is 11.3 Å². The Hall–Kier alpha value is -3.75. The van der Waals surface area contributed by atoms with E-state index in [-0.39, 0.29) is 17.1 Å². The molecule has 0 fully saturated rings. The number of anilines is 1. The molecular weight excluding hydrogens is 383 g/mol. The molecule has 0 unspecified atom stereocenters. The molecule has 0 aliphatic rings. The molecule has 0 aliphatic carbocycles.